The minimum atomic E-state index is -0.908. The van der Waals surface area contributed by atoms with E-state index in [4.69, 9.17) is 4.74 Å². The molecule has 0 saturated carbocycles. The van der Waals surface area contributed by atoms with Crippen LogP contribution >= 0.6 is 27.7 Å². The maximum atomic E-state index is 11.2. The summed E-state index contributed by atoms with van der Waals surface area (Å²) < 4.78 is 5.98. The fraction of sp³-hybridized carbons (Fsp3) is 0.133. The van der Waals surface area contributed by atoms with Crippen LogP contribution in [0, 0.1) is 0 Å². The average Bonchev–Trinajstić information content (AvgIpc) is 2.45. The first-order valence-electron chi connectivity index (χ1n) is 5.88. The Hall–Kier alpha value is -1.46. The Morgan fingerprint density at radius 1 is 1.25 bits per heavy atom. The highest BCUT2D eigenvalue weighted by atomic mass is 79.9. The second kappa shape index (κ2) is 6.81. The topological polar surface area (TPSA) is 46.5 Å². The van der Waals surface area contributed by atoms with E-state index in [-0.39, 0.29) is 0 Å². The van der Waals surface area contributed by atoms with E-state index < -0.39 is 5.97 Å². The molecule has 0 aliphatic carbocycles. The number of rotatable bonds is 5. The molecule has 0 amide bonds. The molecule has 0 atom stereocenters. The Balaban J connectivity index is 2.13. The first kappa shape index (κ1) is 14.9. The molecule has 0 unspecified atom stereocenters. The standard InChI is InChI=1S/C15H13BrO3S/c1-19-12-5-2-10(3-6-12)9-20-14-8-11(16)4-7-13(14)15(17)18/h2-8H,9H2,1H3,(H,17,18). The molecule has 0 aliphatic rings. The molecule has 2 aromatic carbocycles. The van der Waals surface area contributed by atoms with Crippen LogP contribution in [-0.4, -0.2) is 18.2 Å². The maximum absolute atomic E-state index is 11.2. The number of aromatic carboxylic acids is 1. The lowest BCUT2D eigenvalue weighted by atomic mass is 10.2. The number of carbonyl (C=O) groups is 1. The summed E-state index contributed by atoms with van der Waals surface area (Å²) in [5, 5.41) is 9.18. The Kier molecular flexibility index (Phi) is 5.09. The molecule has 104 valence electrons. The lowest BCUT2D eigenvalue weighted by Crippen LogP contribution is -1.98. The van der Waals surface area contributed by atoms with Crippen LogP contribution in [-0.2, 0) is 5.75 Å². The largest absolute Gasteiger partial charge is 0.497 e. The summed E-state index contributed by atoms with van der Waals surface area (Å²) >= 11 is 4.87. The van der Waals surface area contributed by atoms with Gasteiger partial charge in [-0.25, -0.2) is 4.79 Å². The predicted octanol–water partition coefficient (Wildman–Crippen LogP) is 4.45. The van der Waals surface area contributed by atoms with Crippen LogP contribution in [0.1, 0.15) is 15.9 Å². The number of thioether (sulfide) groups is 1. The Morgan fingerprint density at radius 3 is 2.55 bits per heavy atom. The molecular formula is C15H13BrO3S. The molecule has 1 N–H and O–H groups in total. The highest BCUT2D eigenvalue weighted by Crippen LogP contribution is 2.29. The Labute approximate surface area is 130 Å². The van der Waals surface area contributed by atoms with Crippen molar-refractivity contribution in [2.24, 2.45) is 0 Å². The van der Waals surface area contributed by atoms with Gasteiger partial charge in [-0.2, -0.15) is 0 Å². The highest BCUT2D eigenvalue weighted by Gasteiger charge is 2.11. The van der Waals surface area contributed by atoms with Crippen LogP contribution < -0.4 is 4.74 Å². The number of hydrogen-bond donors (Lipinski definition) is 1. The maximum Gasteiger partial charge on any atom is 0.336 e. The molecule has 0 radical (unpaired) electrons. The lowest BCUT2D eigenvalue weighted by molar-refractivity contribution is 0.0693. The van der Waals surface area contributed by atoms with Crippen molar-refractivity contribution in [2.75, 3.05) is 7.11 Å². The van der Waals surface area contributed by atoms with Crippen LogP contribution in [0.3, 0.4) is 0 Å². The van der Waals surface area contributed by atoms with Crippen LogP contribution in [0.5, 0.6) is 5.75 Å². The van der Waals surface area contributed by atoms with E-state index in [0.29, 0.717) is 11.3 Å². The summed E-state index contributed by atoms with van der Waals surface area (Å²) in [6.45, 7) is 0. The molecule has 2 aromatic rings. The first-order valence-corrected chi connectivity index (χ1v) is 7.66. The molecular weight excluding hydrogens is 340 g/mol. The minimum absolute atomic E-state index is 0.326. The van der Waals surface area contributed by atoms with Crippen molar-refractivity contribution in [2.45, 2.75) is 10.6 Å². The summed E-state index contributed by atoms with van der Waals surface area (Å²) in [5.74, 6) is 0.614. The highest BCUT2D eigenvalue weighted by molar-refractivity contribution is 9.10. The monoisotopic (exact) mass is 352 g/mol. The molecule has 0 aromatic heterocycles. The van der Waals surface area contributed by atoms with E-state index in [1.165, 1.54) is 11.8 Å². The van der Waals surface area contributed by atoms with E-state index in [0.717, 1.165) is 20.7 Å². The van der Waals surface area contributed by atoms with E-state index in [1.54, 1.807) is 19.2 Å². The fourth-order valence-corrected chi connectivity index (χ4v) is 3.22. The Bertz CT molecular complexity index is 611. The van der Waals surface area contributed by atoms with Gasteiger partial charge in [-0.1, -0.05) is 28.1 Å². The number of halogens is 1. The smallest absolute Gasteiger partial charge is 0.336 e. The van der Waals surface area contributed by atoms with Crippen LogP contribution in [0.25, 0.3) is 0 Å². The number of ether oxygens (including phenoxy) is 1. The molecule has 2 rings (SSSR count). The molecule has 0 spiro atoms. The molecule has 3 nitrogen and oxygen atoms in total. The molecule has 0 saturated heterocycles. The zero-order valence-electron chi connectivity index (χ0n) is 10.8. The quantitative estimate of drug-likeness (QED) is 0.807. The number of hydrogen-bond acceptors (Lipinski definition) is 3. The van der Waals surface area contributed by atoms with Gasteiger partial charge in [-0.3, -0.25) is 0 Å². The van der Waals surface area contributed by atoms with Gasteiger partial charge in [0.15, 0.2) is 0 Å². The normalized spacial score (nSPS) is 10.3. The number of carboxylic acids is 1. The van der Waals surface area contributed by atoms with Gasteiger partial charge in [-0.05, 0) is 35.9 Å². The van der Waals surface area contributed by atoms with E-state index in [9.17, 15) is 9.90 Å². The summed E-state index contributed by atoms with van der Waals surface area (Å²) in [4.78, 5) is 11.9. The van der Waals surface area contributed by atoms with E-state index in [1.807, 2.05) is 30.3 Å². The predicted molar refractivity (Wildman–Crippen MR) is 83.7 cm³/mol. The number of carboxylic acid groups (broad SMARTS) is 1. The zero-order chi connectivity index (χ0) is 14.5. The second-order valence-corrected chi connectivity index (χ2v) is 6.02. The third-order valence-electron chi connectivity index (χ3n) is 2.73. The van der Waals surface area contributed by atoms with Crippen molar-refractivity contribution in [3.63, 3.8) is 0 Å². The Morgan fingerprint density at radius 2 is 1.95 bits per heavy atom. The van der Waals surface area contributed by atoms with E-state index in [2.05, 4.69) is 15.9 Å². The van der Waals surface area contributed by atoms with Gasteiger partial charge in [0, 0.05) is 15.1 Å². The van der Waals surface area contributed by atoms with Gasteiger partial charge in [0.25, 0.3) is 0 Å². The second-order valence-electron chi connectivity index (χ2n) is 4.08. The number of benzene rings is 2. The van der Waals surface area contributed by atoms with Crippen molar-refractivity contribution >= 4 is 33.7 Å². The number of methoxy groups -OCH3 is 1. The molecule has 20 heavy (non-hydrogen) atoms. The van der Waals surface area contributed by atoms with Gasteiger partial charge >= 0.3 is 5.97 Å². The zero-order valence-corrected chi connectivity index (χ0v) is 13.2. The van der Waals surface area contributed by atoms with Gasteiger partial charge in [-0.15, -0.1) is 11.8 Å². The molecule has 5 heteroatoms. The van der Waals surface area contributed by atoms with Crippen molar-refractivity contribution in [1.29, 1.82) is 0 Å². The van der Waals surface area contributed by atoms with Gasteiger partial charge < -0.3 is 9.84 Å². The third-order valence-corrected chi connectivity index (χ3v) is 4.35. The van der Waals surface area contributed by atoms with Crippen LogP contribution in [0.2, 0.25) is 0 Å². The first-order chi connectivity index (χ1) is 9.60. The van der Waals surface area contributed by atoms with E-state index >= 15 is 0 Å². The molecule has 0 bridgehead atoms. The molecule has 0 fully saturated rings. The van der Waals surface area contributed by atoms with Crippen LogP contribution in [0.15, 0.2) is 51.8 Å². The van der Waals surface area contributed by atoms with Crippen molar-refractivity contribution in [3.8, 4) is 5.75 Å². The van der Waals surface area contributed by atoms with Gasteiger partial charge in [0.05, 0.1) is 12.7 Å². The SMILES string of the molecule is COc1ccc(CSc2cc(Br)ccc2C(=O)O)cc1. The van der Waals surface area contributed by atoms with Crippen molar-refractivity contribution < 1.29 is 14.6 Å². The summed E-state index contributed by atoms with van der Waals surface area (Å²) in [7, 11) is 1.63. The summed E-state index contributed by atoms with van der Waals surface area (Å²) in [6.07, 6.45) is 0. The van der Waals surface area contributed by atoms with Crippen molar-refractivity contribution in [3.05, 3.63) is 58.1 Å². The van der Waals surface area contributed by atoms with Gasteiger partial charge in [0.1, 0.15) is 5.75 Å². The summed E-state index contributed by atoms with van der Waals surface area (Å²) in [6, 6.07) is 12.9. The molecule has 0 aliphatic heterocycles. The lowest BCUT2D eigenvalue weighted by Gasteiger charge is -2.07. The third kappa shape index (κ3) is 3.77. The van der Waals surface area contributed by atoms with Crippen molar-refractivity contribution in [1.82, 2.24) is 0 Å². The summed E-state index contributed by atoms with van der Waals surface area (Å²) in [5.41, 5.74) is 1.44. The average molecular weight is 353 g/mol. The molecule has 0 heterocycles. The minimum Gasteiger partial charge on any atom is -0.497 e. The van der Waals surface area contributed by atoms with Crippen LogP contribution in [0.4, 0.5) is 0 Å². The fourth-order valence-electron chi connectivity index (χ4n) is 1.68. The van der Waals surface area contributed by atoms with Gasteiger partial charge in [0.2, 0.25) is 0 Å².